The van der Waals surface area contributed by atoms with Crippen LogP contribution >= 0.6 is 23.1 Å². The lowest BCUT2D eigenvalue weighted by Crippen LogP contribution is -2.05. The van der Waals surface area contributed by atoms with Crippen LogP contribution in [0, 0.1) is 0 Å². The molecule has 0 aliphatic carbocycles. The summed E-state index contributed by atoms with van der Waals surface area (Å²) in [5.74, 6) is 0.743. The van der Waals surface area contributed by atoms with Crippen molar-refractivity contribution in [2.24, 2.45) is 0 Å². The largest absolute Gasteiger partial charge is 0.298 e. The molecule has 0 fully saturated rings. The zero-order chi connectivity index (χ0) is 11.2. The van der Waals surface area contributed by atoms with Gasteiger partial charge in [0, 0.05) is 16.5 Å². The number of hydrogen-bond donors (Lipinski definition) is 0. The monoisotopic (exact) mass is 249 g/mol. The summed E-state index contributed by atoms with van der Waals surface area (Å²) in [6.45, 7) is 0. The normalized spacial score (nSPS) is 10.2. The molecule has 1 aromatic heterocycles. The van der Waals surface area contributed by atoms with E-state index in [-0.39, 0.29) is 5.78 Å². The Kier molecular flexibility index (Phi) is 4.13. The molecular formula is C12H11NOS2. The number of ketones is 1. The Morgan fingerprint density at radius 3 is 2.81 bits per heavy atom. The highest BCUT2D eigenvalue weighted by Crippen LogP contribution is 2.17. The molecule has 0 spiro atoms. The minimum Gasteiger partial charge on any atom is -0.298 e. The first-order valence-corrected chi connectivity index (χ1v) is 6.79. The summed E-state index contributed by atoms with van der Waals surface area (Å²) in [4.78, 5) is 16.9. The number of carbonyl (C=O) groups excluding carboxylic acids is 1. The van der Waals surface area contributed by atoms with Crippen LogP contribution in [-0.2, 0) is 11.2 Å². The van der Waals surface area contributed by atoms with E-state index in [4.69, 9.17) is 0 Å². The molecule has 2 rings (SSSR count). The Hall–Kier alpha value is -1.13. The molecule has 0 aliphatic rings. The fourth-order valence-electron chi connectivity index (χ4n) is 1.24. The Labute approximate surface area is 103 Å². The van der Waals surface area contributed by atoms with E-state index in [2.05, 4.69) is 4.98 Å². The van der Waals surface area contributed by atoms with E-state index in [0.29, 0.717) is 12.2 Å². The predicted octanol–water partition coefficient (Wildman–Crippen LogP) is 3.05. The van der Waals surface area contributed by atoms with E-state index in [0.717, 1.165) is 9.90 Å². The number of aromatic nitrogens is 1. The average Bonchev–Trinajstić information content (AvgIpc) is 2.81. The maximum Gasteiger partial charge on any atom is 0.149 e. The summed E-state index contributed by atoms with van der Waals surface area (Å²) in [6, 6.07) is 9.96. The number of rotatable bonds is 5. The number of carbonyl (C=O) groups is 1. The van der Waals surface area contributed by atoms with Gasteiger partial charge in [0.05, 0.1) is 17.2 Å². The Balaban J connectivity index is 1.80. The van der Waals surface area contributed by atoms with Crippen LogP contribution in [0.3, 0.4) is 0 Å². The summed E-state index contributed by atoms with van der Waals surface area (Å²) in [5.41, 5.74) is 0. The summed E-state index contributed by atoms with van der Waals surface area (Å²) in [7, 11) is 0. The van der Waals surface area contributed by atoms with Crippen molar-refractivity contribution >= 4 is 28.9 Å². The molecule has 0 N–H and O–H groups in total. The second kappa shape index (κ2) is 5.82. The molecule has 16 heavy (non-hydrogen) atoms. The molecule has 0 saturated heterocycles. The van der Waals surface area contributed by atoms with E-state index in [1.807, 2.05) is 35.7 Å². The zero-order valence-corrected chi connectivity index (χ0v) is 10.3. The van der Waals surface area contributed by atoms with Crippen LogP contribution in [0.2, 0.25) is 0 Å². The molecule has 2 aromatic rings. The SMILES string of the molecule is O=C(CSc1ccccc1)Cc1nccs1. The number of hydrogen-bond acceptors (Lipinski definition) is 4. The number of thiazole rings is 1. The lowest BCUT2D eigenvalue weighted by molar-refractivity contribution is -0.116. The Bertz CT molecular complexity index is 439. The molecule has 1 aromatic carbocycles. The highest BCUT2D eigenvalue weighted by molar-refractivity contribution is 8.00. The number of Topliss-reactive ketones (excluding diaryl/α,β-unsaturated/α-hetero) is 1. The maximum absolute atomic E-state index is 11.6. The zero-order valence-electron chi connectivity index (χ0n) is 8.63. The smallest absolute Gasteiger partial charge is 0.149 e. The molecule has 0 amide bonds. The van der Waals surface area contributed by atoms with Crippen LogP contribution < -0.4 is 0 Å². The van der Waals surface area contributed by atoms with Crippen molar-refractivity contribution in [3.63, 3.8) is 0 Å². The quantitative estimate of drug-likeness (QED) is 0.763. The van der Waals surface area contributed by atoms with Crippen LogP contribution in [0.5, 0.6) is 0 Å². The maximum atomic E-state index is 11.6. The fraction of sp³-hybridized carbons (Fsp3) is 0.167. The lowest BCUT2D eigenvalue weighted by Gasteiger charge is -1.99. The van der Waals surface area contributed by atoms with Crippen LogP contribution in [0.25, 0.3) is 0 Å². The molecule has 0 atom stereocenters. The van der Waals surface area contributed by atoms with Gasteiger partial charge in [-0.15, -0.1) is 23.1 Å². The van der Waals surface area contributed by atoms with Gasteiger partial charge in [-0.05, 0) is 12.1 Å². The van der Waals surface area contributed by atoms with E-state index >= 15 is 0 Å². The van der Waals surface area contributed by atoms with E-state index in [9.17, 15) is 4.79 Å². The molecule has 0 radical (unpaired) electrons. The van der Waals surface area contributed by atoms with Crippen molar-refractivity contribution in [3.05, 3.63) is 46.9 Å². The first kappa shape index (κ1) is 11.4. The Morgan fingerprint density at radius 2 is 2.12 bits per heavy atom. The summed E-state index contributed by atoms with van der Waals surface area (Å²) in [6.07, 6.45) is 2.19. The highest BCUT2D eigenvalue weighted by Gasteiger charge is 2.06. The number of benzene rings is 1. The number of thioether (sulfide) groups is 1. The van der Waals surface area contributed by atoms with Gasteiger partial charge in [0.1, 0.15) is 5.78 Å². The van der Waals surface area contributed by atoms with Crippen molar-refractivity contribution in [3.8, 4) is 0 Å². The molecule has 82 valence electrons. The lowest BCUT2D eigenvalue weighted by atomic mass is 10.3. The molecule has 2 nitrogen and oxygen atoms in total. The van der Waals surface area contributed by atoms with Gasteiger partial charge < -0.3 is 0 Å². The standard InChI is InChI=1S/C12H11NOS2/c14-10(8-12-13-6-7-15-12)9-16-11-4-2-1-3-5-11/h1-7H,8-9H2. The third-order valence-electron chi connectivity index (χ3n) is 1.97. The molecule has 4 heteroatoms. The van der Waals surface area contributed by atoms with E-state index < -0.39 is 0 Å². The third kappa shape index (κ3) is 3.47. The van der Waals surface area contributed by atoms with Gasteiger partial charge in [0.2, 0.25) is 0 Å². The molecule has 0 aliphatic heterocycles. The van der Waals surface area contributed by atoms with Gasteiger partial charge >= 0.3 is 0 Å². The van der Waals surface area contributed by atoms with E-state index in [1.54, 1.807) is 18.0 Å². The van der Waals surface area contributed by atoms with Crippen molar-refractivity contribution < 1.29 is 4.79 Å². The predicted molar refractivity (Wildman–Crippen MR) is 68.0 cm³/mol. The highest BCUT2D eigenvalue weighted by atomic mass is 32.2. The molecule has 0 saturated carbocycles. The van der Waals surface area contributed by atoms with Gasteiger partial charge in [0.15, 0.2) is 0 Å². The second-order valence-corrected chi connectivity index (χ2v) is 5.27. The first-order chi connectivity index (χ1) is 7.84. The average molecular weight is 249 g/mol. The second-order valence-electron chi connectivity index (χ2n) is 3.24. The summed E-state index contributed by atoms with van der Waals surface area (Å²) < 4.78 is 0. The fourth-order valence-corrected chi connectivity index (χ4v) is 2.66. The van der Waals surface area contributed by atoms with Crippen molar-refractivity contribution in [2.45, 2.75) is 11.3 Å². The topological polar surface area (TPSA) is 30.0 Å². The third-order valence-corrected chi connectivity index (χ3v) is 3.83. The summed E-state index contributed by atoms with van der Waals surface area (Å²) in [5, 5.41) is 2.80. The van der Waals surface area contributed by atoms with Gasteiger partial charge in [-0.25, -0.2) is 4.98 Å². The van der Waals surface area contributed by atoms with Crippen molar-refractivity contribution in [1.29, 1.82) is 0 Å². The van der Waals surface area contributed by atoms with Crippen molar-refractivity contribution in [2.75, 3.05) is 5.75 Å². The minimum atomic E-state index is 0.226. The van der Waals surface area contributed by atoms with Crippen LogP contribution in [-0.4, -0.2) is 16.5 Å². The molecular weight excluding hydrogens is 238 g/mol. The Morgan fingerprint density at radius 1 is 1.31 bits per heavy atom. The molecule has 0 unspecified atom stereocenters. The van der Waals surface area contributed by atoms with E-state index in [1.165, 1.54) is 11.3 Å². The van der Waals surface area contributed by atoms with Crippen LogP contribution in [0.15, 0.2) is 46.8 Å². The first-order valence-electron chi connectivity index (χ1n) is 4.92. The van der Waals surface area contributed by atoms with Gasteiger partial charge in [-0.3, -0.25) is 4.79 Å². The van der Waals surface area contributed by atoms with Crippen LogP contribution in [0.1, 0.15) is 5.01 Å². The number of nitrogens with zero attached hydrogens (tertiary/aromatic N) is 1. The minimum absolute atomic E-state index is 0.226. The molecule has 0 bridgehead atoms. The summed E-state index contributed by atoms with van der Waals surface area (Å²) >= 11 is 3.11. The van der Waals surface area contributed by atoms with Crippen LogP contribution in [0.4, 0.5) is 0 Å². The van der Waals surface area contributed by atoms with Gasteiger partial charge in [0.25, 0.3) is 0 Å². The van der Waals surface area contributed by atoms with Gasteiger partial charge in [-0.2, -0.15) is 0 Å². The van der Waals surface area contributed by atoms with Crippen molar-refractivity contribution in [1.82, 2.24) is 4.98 Å². The van der Waals surface area contributed by atoms with Gasteiger partial charge in [-0.1, -0.05) is 18.2 Å². The molecule has 1 heterocycles.